The number of methoxy groups -OCH3 is 1. The molecule has 0 N–H and O–H groups in total. The lowest BCUT2D eigenvalue weighted by molar-refractivity contribution is 0.0650. The molecule has 0 aromatic heterocycles. The number of nitrogens with zero attached hydrogens (tertiary/aromatic N) is 2. The molecule has 0 radical (unpaired) electrons. The summed E-state index contributed by atoms with van der Waals surface area (Å²) in [4.78, 5) is 5.31. The smallest absolute Gasteiger partial charge is 0.127 e. The van der Waals surface area contributed by atoms with Crippen LogP contribution in [0.15, 0.2) is 23.8 Å². The van der Waals surface area contributed by atoms with E-state index in [0.717, 1.165) is 29.6 Å². The van der Waals surface area contributed by atoms with Gasteiger partial charge >= 0.3 is 0 Å². The lowest BCUT2D eigenvalue weighted by Gasteiger charge is -2.42. The van der Waals surface area contributed by atoms with Crippen molar-refractivity contribution in [3.63, 3.8) is 0 Å². The minimum absolute atomic E-state index is 0.622. The Morgan fingerprint density at radius 3 is 3.09 bits per heavy atom. The van der Waals surface area contributed by atoms with Crippen molar-refractivity contribution in [2.75, 3.05) is 39.9 Å². The number of hydrogen-bond donors (Lipinski definition) is 0. The summed E-state index contributed by atoms with van der Waals surface area (Å²) in [7, 11) is 1.71. The molecule has 1 aromatic rings. The number of rotatable bonds is 3. The van der Waals surface area contributed by atoms with E-state index >= 15 is 0 Å². The minimum atomic E-state index is 0.622. The lowest BCUT2D eigenvalue weighted by Crippen LogP contribution is -2.55. The monoisotopic (exact) mass is 314 g/mol. The van der Waals surface area contributed by atoms with Gasteiger partial charge in [-0.1, -0.05) is 0 Å². The zero-order valence-corrected chi connectivity index (χ0v) is 14.1. The van der Waals surface area contributed by atoms with E-state index in [1.807, 2.05) is 12.1 Å². The van der Waals surface area contributed by atoms with Crippen LogP contribution in [0.3, 0.4) is 0 Å². The van der Waals surface area contributed by atoms with Gasteiger partial charge in [0.1, 0.15) is 18.1 Å². The van der Waals surface area contributed by atoms with Crippen molar-refractivity contribution in [1.82, 2.24) is 9.80 Å². The summed E-state index contributed by atoms with van der Waals surface area (Å²) in [5, 5.41) is 0. The van der Waals surface area contributed by atoms with Gasteiger partial charge in [-0.3, -0.25) is 9.80 Å². The molecular formula is C19H26N2O2. The van der Waals surface area contributed by atoms with Gasteiger partial charge < -0.3 is 9.47 Å². The molecule has 0 saturated carbocycles. The van der Waals surface area contributed by atoms with Gasteiger partial charge in [0.2, 0.25) is 0 Å². The van der Waals surface area contributed by atoms with Crippen molar-refractivity contribution in [2.45, 2.75) is 31.8 Å². The van der Waals surface area contributed by atoms with Gasteiger partial charge in [0, 0.05) is 37.3 Å². The van der Waals surface area contributed by atoms with E-state index in [-0.39, 0.29) is 0 Å². The van der Waals surface area contributed by atoms with Gasteiger partial charge in [-0.15, -0.1) is 0 Å². The fourth-order valence-electron chi connectivity index (χ4n) is 4.15. The molecule has 0 bridgehead atoms. The first kappa shape index (κ1) is 15.0. The third kappa shape index (κ3) is 2.98. The van der Waals surface area contributed by atoms with Gasteiger partial charge in [0.15, 0.2) is 0 Å². The minimum Gasteiger partial charge on any atom is -0.497 e. The fraction of sp³-hybridized carbons (Fsp3) is 0.579. The highest BCUT2D eigenvalue weighted by Crippen LogP contribution is 2.31. The zero-order chi connectivity index (χ0) is 15.8. The van der Waals surface area contributed by atoms with Gasteiger partial charge in [0.25, 0.3) is 0 Å². The molecule has 2 atom stereocenters. The zero-order valence-electron chi connectivity index (χ0n) is 14.1. The van der Waals surface area contributed by atoms with Crippen LogP contribution in [0.2, 0.25) is 0 Å². The van der Waals surface area contributed by atoms with E-state index in [2.05, 4.69) is 28.9 Å². The van der Waals surface area contributed by atoms with Crippen molar-refractivity contribution in [1.29, 1.82) is 0 Å². The predicted molar refractivity (Wildman–Crippen MR) is 92.1 cm³/mol. The van der Waals surface area contributed by atoms with E-state index in [1.54, 1.807) is 7.11 Å². The van der Waals surface area contributed by atoms with Crippen LogP contribution in [-0.2, 0) is 0 Å². The molecule has 2 saturated heterocycles. The average Bonchev–Trinajstić information content (AvgIpc) is 3.01. The van der Waals surface area contributed by atoms with Crippen LogP contribution in [0.25, 0.3) is 6.08 Å². The number of ether oxygens (including phenoxy) is 2. The first-order chi connectivity index (χ1) is 11.2. The molecule has 3 aliphatic rings. The van der Waals surface area contributed by atoms with Crippen LogP contribution in [-0.4, -0.2) is 61.8 Å². The first-order valence-corrected chi connectivity index (χ1v) is 8.71. The molecule has 4 nitrogen and oxygen atoms in total. The fourth-order valence-corrected chi connectivity index (χ4v) is 4.15. The van der Waals surface area contributed by atoms with Gasteiger partial charge in [-0.25, -0.2) is 0 Å². The second-order valence-electron chi connectivity index (χ2n) is 7.06. The number of benzene rings is 1. The molecule has 3 aliphatic heterocycles. The Bertz CT molecular complexity index is 613. The second-order valence-corrected chi connectivity index (χ2v) is 7.06. The summed E-state index contributed by atoms with van der Waals surface area (Å²) >= 11 is 0. The Balaban J connectivity index is 1.49. The molecule has 0 unspecified atom stereocenters. The summed E-state index contributed by atoms with van der Waals surface area (Å²) < 4.78 is 11.3. The average molecular weight is 314 g/mol. The third-order valence-electron chi connectivity index (χ3n) is 5.46. The molecule has 1 aromatic carbocycles. The largest absolute Gasteiger partial charge is 0.497 e. The Morgan fingerprint density at radius 2 is 2.22 bits per heavy atom. The van der Waals surface area contributed by atoms with Crippen LogP contribution in [0.4, 0.5) is 0 Å². The SMILES string of the molecule is COc1ccc2c(c1)C=C(CN1C[C@H]3CCCN3C[C@H]1C)CO2. The highest BCUT2D eigenvalue weighted by atomic mass is 16.5. The van der Waals surface area contributed by atoms with Crippen LogP contribution >= 0.6 is 0 Å². The highest BCUT2D eigenvalue weighted by molar-refractivity contribution is 5.64. The molecule has 0 spiro atoms. The molecule has 4 heteroatoms. The van der Waals surface area contributed by atoms with E-state index in [0.29, 0.717) is 12.6 Å². The Hall–Kier alpha value is -1.52. The summed E-state index contributed by atoms with van der Waals surface area (Å²) in [6.07, 6.45) is 5.01. The van der Waals surface area contributed by atoms with E-state index in [1.165, 1.54) is 38.0 Å². The highest BCUT2D eigenvalue weighted by Gasteiger charge is 2.34. The van der Waals surface area contributed by atoms with Gasteiger partial charge in [-0.05, 0) is 56.2 Å². The molecule has 124 valence electrons. The third-order valence-corrected chi connectivity index (χ3v) is 5.46. The summed E-state index contributed by atoms with van der Waals surface area (Å²) in [5.41, 5.74) is 2.50. The van der Waals surface area contributed by atoms with Crippen molar-refractivity contribution < 1.29 is 9.47 Å². The van der Waals surface area contributed by atoms with Gasteiger partial charge in [0.05, 0.1) is 7.11 Å². The van der Waals surface area contributed by atoms with Crippen molar-refractivity contribution in [3.8, 4) is 11.5 Å². The molecule has 0 amide bonds. The Morgan fingerprint density at radius 1 is 1.30 bits per heavy atom. The van der Waals surface area contributed by atoms with E-state index < -0.39 is 0 Å². The quantitative estimate of drug-likeness (QED) is 0.856. The molecule has 0 aliphatic carbocycles. The maximum atomic E-state index is 5.94. The molecule has 3 heterocycles. The summed E-state index contributed by atoms with van der Waals surface area (Å²) in [5.74, 6) is 1.85. The van der Waals surface area contributed by atoms with E-state index in [9.17, 15) is 0 Å². The van der Waals surface area contributed by atoms with Gasteiger partial charge in [-0.2, -0.15) is 0 Å². The molecular weight excluding hydrogens is 288 g/mol. The molecule has 23 heavy (non-hydrogen) atoms. The number of piperazine rings is 1. The van der Waals surface area contributed by atoms with Crippen LogP contribution in [0.1, 0.15) is 25.3 Å². The van der Waals surface area contributed by atoms with Crippen LogP contribution < -0.4 is 9.47 Å². The predicted octanol–water partition coefficient (Wildman–Crippen LogP) is 2.64. The van der Waals surface area contributed by atoms with Crippen LogP contribution in [0, 0.1) is 0 Å². The number of fused-ring (bicyclic) bond motifs is 2. The maximum absolute atomic E-state index is 5.94. The van der Waals surface area contributed by atoms with Crippen LogP contribution in [0.5, 0.6) is 11.5 Å². The van der Waals surface area contributed by atoms with Crippen molar-refractivity contribution in [3.05, 3.63) is 29.3 Å². The Kier molecular flexibility index (Phi) is 4.04. The number of hydrogen-bond acceptors (Lipinski definition) is 4. The molecule has 4 rings (SSSR count). The van der Waals surface area contributed by atoms with Crippen molar-refractivity contribution in [2.24, 2.45) is 0 Å². The maximum Gasteiger partial charge on any atom is 0.127 e. The summed E-state index contributed by atoms with van der Waals surface area (Å²) in [6.45, 7) is 7.78. The Labute approximate surface area is 138 Å². The summed E-state index contributed by atoms with van der Waals surface area (Å²) in [6, 6.07) is 7.41. The second kappa shape index (κ2) is 6.17. The topological polar surface area (TPSA) is 24.9 Å². The normalized spacial score (nSPS) is 27.8. The molecule has 2 fully saturated rings. The lowest BCUT2D eigenvalue weighted by atomic mass is 10.0. The van der Waals surface area contributed by atoms with E-state index in [4.69, 9.17) is 9.47 Å². The first-order valence-electron chi connectivity index (χ1n) is 8.71. The van der Waals surface area contributed by atoms with Crippen molar-refractivity contribution >= 4 is 6.08 Å². The standard InChI is InChI=1S/C19H26N2O2/c1-14-10-20-7-3-4-17(20)12-21(14)11-15-8-16-9-18(22-2)5-6-19(16)23-13-15/h5-6,8-9,14,17H,3-4,7,10-13H2,1-2H3/t14-,17-/m1/s1.